The average molecular weight is 271 g/mol. The summed E-state index contributed by atoms with van der Waals surface area (Å²) in [6.07, 6.45) is 3.02. The van der Waals surface area contributed by atoms with Gasteiger partial charge in [-0.1, -0.05) is 18.2 Å². The van der Waals surface area contributed by atoms with Crippen LogP contribution in [-0.2, 0) is 17.8 Å². The third-order valence-corrected chi connectivity index (χ3v) is 2.71. The van der Waals surface area contributed by atoms with Crippen LogP contribution in [0.3, 0.4) is 0 Å². The van der Waals surface area contributed by atoms with E-state index in [0.29, 0.717) is 11.3 Å². The second-order valence-corrected chi connectivity index (χ2v) is 4.12. The zero-order valence-corrected chi connectivity index (χ0v) is 10.6. The van der Waals surface area contributed by atoms with Gasteiger partial charge < -0.3 is 10.4 Å². The van der Waals surface area contributed by atoms with Gasteiger partial charge in [0.05, 0.1) is 24.2 Å². The molecule has 0 atom stereocenters. The minimum atomic E-state index is -1.04. The smallest absolute Gasteiger partial charge is 0.335 e. The molecule has 2 aromatic rings. The van der Waals surface area contributed by atoms with Crippen molar-refractivity contribution in [2.45, 2.75) is 13.0 Å². The minimum absolute atomic E-state index is 0.0214. The number of carboxylic acid groups (broad SMARTS) is 1. The van der Waals surface area contributed by atoms with Gasteiger partial charge in [0, 0.05) is 6.20 Å². The molecule has 20 heavy (non-hydrogen) atoms. The molecular formula is C14H13N3O3. The Morgan fingerprint density at radius 3 is 2.70 bits per heavy atom. The molecule has 1 aromatic carbocycles. The summed E-state index contributed by atoms with van der Waals surface area (Å²) in [5.41, 5.74) is 1.32. The molecule has 1 heterocycles. The lowest BCUT2D eigenvalue weighted by molar-refractivity contribution is -0.120. The summed E-state index contributed by atoms with van der Waals surface area (Å²) in [7, 11) is 0. The molecular weight excluding hydrogens is 258 g/mol. The largest absolute Gasteiger partial charge is 0.478 e. The van der Waals surface area contributed by atoms with Crippen LogP contribution in [0, 0.1) is 0 Å². The Hall–Kier alpha value is -2.76. The zero-order valence-electron chi connectivity index (χ0n) is 10.6. The Labute approximate surface area is 115 Å². The van der Waals surface area contributed by atoms with Crippen molar-refractivity contribution in [1.29, 1.82) is 0 Å². The van der Waals surface area contributed by atoms with Crippen molar-refractivity contribution >= 4 is 11.9 Å². The molecule has 0 spiro atoms. The lowest BCUT2D eigenvalue weighted by Crippen LogP contribution is -2.25. The summed E-state index contributed by atoms with van der Waals surface area (Å²) in [5, 5.41) is 11.7. The van der Waals surface area contributed by atoms with E-state index in [4.69, 9.17) is 5.11 Å². The normalized spacial score (nSPS) is 10.0. The van der Waals surface area contributed by atoms with Crippen LogP contribution in [0.2, 0.25) is 0 Å². The summed E-state index contributed by atoms with van der Waals surface area (Å²) >= 11 is 0. The number of aromatic nitrogens is 2. The van der Waals surface area contributed by atoms with E-state index in [0.717, 1.165) is 0 Å². The molecule has 0 unspecified atom stereocenters. The fourth-order valence-corrected chi connectivity index (χ4v) is 1.73. The van der Waals surface area contributed by atoms with Crippen molar-refractivity contribution in [3.63, 3.8) is 0 Å². The number of carboxylic acids is 1. The second-order valence-electron chi connectivity index (χ2n) is 4.12. The summed E-state index contributed by atoms with van der Waals surface area (Å²) in [5.74, 6) is -1.29. The van der Waals surface area contributed by atoms with E-state index in [-0.39, 0.29) is 24.4 Å². The van der Waals surface area contributed by atoms with E-state index in [2.05, 4.69) is 15.3 Å². The van der Waals surface area contributed by atoms with Gasteiger partial charge in [-0.25, -0.2) is 14.8 Å². The van der Waals surface area contributed by atoms with Crippen LogP contribution >= 0.6 is 0 Å². The minimum Gasteiger partial charge on any atom is -0.478 e. The van der Waals surface area contributed by atoms with Crippen molar-refractivity contribution in [3.8, 4) is 0 Å². The third-order valence-electron chi connectivity index (χ3n) is 2.71. The molecule has 2 rings (SSSR count). The van der Waals surface area contributed by atoms with Gasteiger partial charge in [0.2, 0.25) is 5.91 Å². The predicted molar refractivity (Wildman–Crippen MR) is 71.0 cm³/mol. The van der Waals surface area contributed by atoms with Gasteiger partial charge in [-0.05, 0) is 17.7 Å². The van der Waals surface area contributed by atoms with Crippen molar-refractivity contribution in [1.82, 2.24) is 15.3 Å². The van der Waals surface area contributed by atoms with Gasteiger partial charge in [-0.2, -0.15) is 0 Å². The lowest BCUT2D eigenvalue weighted by atomic mass is 10.0. The highest BCUT2D eigenvalue weighted by Crippen LogP contribution is 2.09. The van der Waals surface area contributed by atoms with Crippen molar-refractivity contribution in [2.24, 2.45) is 0 Å². The van der Waals surface area contributed by atoms with Crippen LogP contribution in [0.5, 0.6) is 0 Å². The number of nitrogens with zero attached hydrogens (tertiary/aromatic N) is 2. The van der Waals surface area contributed by atoms with Crippen molar-refractivity contribution < 1.29 is 14.7 Å². The van der Waals surface area contributed by atoms with Gasteiger partial charge in [0.1, 0.15) is 6.33 Å². The highest BCUT2D eigenvalue weighted by Gasteiger charge is 2.12. The number of carbonyl (C=O) groups is 2. The van der Waals surface area contributed by atoms with Crippen LogP contribution in [0.4, 0.5) is 0 Å². The number of hydrogen-bond donors (Lipinski definition) is 2. The average Bonchev–Trinajstić information content (AvgIpc) is 2.46. The Morgan fingerprint density at radius 1 is 1.20 bits per heavy atom. The van der Waals surface area contributed by atoms with Crippen molar-refractivity contribution in [3.05, 3.63) is 59.7 Å². The summed E-state index contributed by atoms with van der Waals surface area (Å²) in [6, 6.07) is 8.15. The van der Waals surface area contributed by atoms with E-state index in [9.17, 15) is 9.59 Å². The topological polar surface area (TPSA) is 92.2 Å². The molecule has 6 nitrogen and oxygen atoms in total. The van der Waals surface area contributed by atoms with E-state index in [1.165, 1.54) is 12.4 Å². The number of rotatable bonds is 5. The molecule has 0 aliphatic carbocycles. The Morgan fingerprint density at radius 2 is 2.00 bits per heavy atom. The molecule has 0 bridgehead atoms. The summed E-state index contributed by atoms with van der Waals surface area (Å²) in [6.45, 7) is 0.288. The van der Waals surface area contributed by atoms with Gasteiger partial charge in [-0.3, -0.25) is 4.79 Å². The summed E-state index contributed by atoms with van der Waals surface area (Å²) in [4.78, 5) is 30.6. The predicted octanol–water partition coefficient (Wildman–Crippen LogP) is 1.03. The first kappa shape index (κ1) is 13.7. The molecule has 0 fully saturated rings. The fraction of sp³-hybridized carbons (Fsp3) is 0.143. The van der Waals surface area contributed by atoms with E-state index in [1.807, 2.05) is 0 Å². The number of hydrogen-bond acceptors (Lipinski definition) is 4. The van der Waals surface area contributed by atoms with Crippen LogP contribution in [0.15, 0.2) is 42.9 Å². The highest BCUT2D eigenvalue weighted by atomic mass is 16.4. The highest BCUT2D eigenvalue weighted by molar-refractivity contribution is 5.91. The second kappa shape index (κ2) is 6.42. The number of benzene rings is 1. The molecule has 0 aliphatic heterocycles. The molecule has 0 saturated carbocycles. The lowest BCUT2D eigenvalue weighted by Gasteiger charge is -2.07. The Balaban J connectivity index is 1.97. The quantitative estimate of drug-likeness (QED) is 0.847. The van der Waals surface area contributed by atoms with Crippen LogP contribution in [0.25, 0.3) is 0 Å². The number of amides is 1. The van der Waals surface area contributed by atoms with Gasteiger partial charge in [0.15, 0.2) is 0 Å². The maximum atomic E-state index is 11.8. The monoisotopic (exact) mass is 271 g/mol. The van der Waals surface area contributed by atoms with Gasteiger partial charge in [-0.15, -0.1) is 0 Å². The van der Waals surface area contributed by atoms with Gasteiger partial charge in [0.25, 0.3) is 0 Å². The molecule has 0 aliphatic rings. The van der Waals surface area contributed by atoms with Crippen LogP contribution in [0.1, 0.15) is 21.6 Å². The van der Waals surface area contributed by atoms with Crippen molar-refractivity contribution in [2.75, 3.05) is 0 Å². The first-order valence-electron chi connectivity index (χ1n) is 5.99. The first-order valence-corrected chi connectivity index (χ1v) is 5.99. The number of aromatic carboxylic acids is 1. The first-order chi connectivity index (χ1) is 9.66. The molecule has 6 heteroatoms. The third kappa shape index (κ3) is 3.61. The number of nitrogens with one attached hydrogen (secondary N) is 1. The molecule has 0 radical (unpaired) electrons. The summed E-state index contributed by atoms with van der Waals surface area (Å²) < 4.78 is 0. The maximum Gasteiger partial charge on any atom is 0.335 e. The zero-order chi connectivity index (χ0) is 14.4. The fourth-order valence-electron chi connectivity index (χ4n) is 1.73. The molecule has 102 valence electrons. The van der Waals surface area contributed by atoms with E-state index in [1.54, 1.807) is 30.5 Å². The van der Waals surface area contributed by atoms with Crippen LogP contribution < -0.4 is 5.32 Å². The number of carbonyl (C=O) groups excluding carboxylic acids is 1. The van der Waals surface area contributed by atoms with Crippen LogP contribution in [-0.4, -0.2) is 27.0 Å². The van der Waals surface area contributed by atoms with Gasteiger partial charge >= 0.3 is 5.97 Å². The molecule has 1 aromatic heterocycles. The molecule has 1 amide bonds. The SMILES string of the molecule is O=C(Cc1ccccc1C(=O)O)NCc1ccncn1. The standard InChI is InChI=1S/C14H13N3O3/c18-13(16-8-11-5-6-15-9-17-11)7-10-3-1-2-4-12(10)14(19)20/h1-6,9H,7-8H2,(H,16,18)(H,19,20). The maximum absolute atomic E-state index is 11.8. The Bertz CT molecular complexity index is 614. The Kier molecular flexibility index (Phi) is 4.39. The van der Waals surface area contributed by atoms with E-state index >= 15 is 0 Å². The van der Waals surface area contributed by atoms with E-state index < -0.39 is 5.97 Å². The molecule has 0 saturated heterocycles. The molecule has 2 N–H and O–H groups in total.